The molecule has 1 aromatic carbocycles. The maximum absolute atomic E-state index is 12.7. The summed E-state index contributed by atoms with van der Waals surface area (Å²) in [5, 5.41) is 1.09. The molecule has 4 rings (SSSR count). The van der Waals surface area contributed by atoms with Crippen LogP contribution in [-0.2, 0) is 4.79 Å². The van der Waals surface area contributed by atoms with Crippen LogP contribution in [0.3, 0.4) is 0 Å². The number of anilines is 1. The molecule has 2 aromatic rings. The number of nitrogens with zero attached hydrogens (tertiary/aromatic N) is 3. The summed E-state index contributed by atoms with van der Waals surface area (Å²) < 4.78 is 0. The fourth-order valence-corrected chi connectivity index (χ4v) is 4.76. The van der Waals surface area contributed by atoms with E-state index in [0.717, 1.165) is 61.3 Å². The number of aromatic nitrogens is 1. The largest absolute Gasteiger partial charge is 0.397 e. The number of para-hydroxylation sites is 1. The van der Waals surface area contributed by atoms with Gasteiger partial charge in [-0.25, -0.2) is 0 Å². The van der Waals surface area contributed by atoms with Crippen molar-refractivity contribution in [3.8, 4) is 0 Å². The molecule has 1 unspecified atom stereocenters. The average molecular weight is 381 g/mol. The highest BCUT2D eigenvalue weighted by Gasteiger charge is 2.27. The highest BCUT2D eigenvalue weighted by atomic mass is 16.2. The van der Waals surface area contributed by atoms with Crippen LogP contribution in [0.2, 0.25) is 0 Å². The van der Waals surface area contributed by atoms with Gasteiger partial charge in [0.15, 0.2) is 0 Å². The number of rotatable bonds is 4. The van der Waals surface area contributed by atoms with Gasteiger partial charge in [-0.1, -0.05) is 24.6 Å². The predicted molar refractivity (Wildman–Crippen MR) is 114 cm³/mol. The Labute approximate surface area is 167 Å². The van der Waals surface area contributed by atoms with Gasteiger partial charge in [-0.3, -0.25) is 9.78 Å². The first kappa shape index (κ1) is 19.2. The van der Waals surface area contributed by atoms with Crippen molar-refractivity contribution < 1.29 is 4.79 Å². The van der Waals surface area contributed by atoms with E-state index in [1.165, 1.54) is 19.3 Å². The summed E-state index contributed by atoms with van der Waals surface area (Å²) in [5.74, 6) is 0.645. The molecule has 2 fully saturated rings. The number of hydrogen-bond donors (Lipinski definition) is 1. The summed E-state index contributed by atoms with van der Waals surface area (Å²) in [4.78, 5) is 22.1. The van der Waals surface area contributed by atoms with Crippen molar-refractivity contribution in [2.75, 3.05) is 31.9 Å². The lowest BCUT2D eigenvalue weighted by Gasteiger charge is -2.35. The molecule has 0 spiro atoms. The molecule has 1 atom stereocenters. The van der Waals surface area contributed by atoms with Crippen LogP contribution in [0.1, 0.15) is 57.1 Å². The van der Waals surface area contributed by atoms with Gasteiger partial charge in [0.1, 0.15) is 0 Å². The number of amides is 1. The molecule has 1 amide bonds. The zero-order chi connectivity index (χ0) is 19.5. The van der Waals surface area contributed by atoms with E-state index in [1.807, 2.05) is 35.2 Å². The number of piperidine rings is 2. The standard InChI is InChI=1S/C23H32N4O/c1-17-6-4-5-12-26(17)15-11-22(28)27-13-9-18(10-14-27)23-20(24)16-19-7-2-3-8-21(19)25-23/h2-3,7-8,16-18H,4-6,9-15,24H2,1H3. The molecule has 3 heterocycles. The zero-order valence-electron chi connectivity index (χ0n) is 16.9. The first-order valence-electron chi connectivity index (χ1n) is 10.8. The predicted octanol–water partition coefficient (Wildman–Crippen LogP) is 3.79. The summed E-state index contributed by atoms with van der Waals surface area (Å²) in [6, 6.07) is 10.8. The second-order valence-electron chi connectivity index (χ2n) is 8.44. The maximum atomic E-state index is 12.7. The van der Waals surface area contributed by atoms with E-state index in [-0.39, 0.29) is 0 Å². The molecule has 2 N–H and O–H groups in total. The third kappa shape index (κ3) is 4.14. The van der Waals surface area contributed by atoms with Gasteiger partial charge in [0.25, 0.3) is 0 Å². The first-order valence-corrected chi connectivity index (χ1v) is 10.8. The fraction of sp³-hybridized carbons (Fsp3) is 0.565. The van der Waals surface area contributed by atoms with E-state index < -0.39 is 0 Å². The lowest BCUT2D eigenvalue weighted by atomic mass is 9.91. The molecule has 5 heteroatoms. The van der Waals surface area contributed by atoms with E-state index in [1.54, 1.807) is 0 Å². The number of carbonyl (C=O) groups excluding carboxylic acids is 1. The number of likely N-dealkylation sites (tertiary alicyclic amines) is 2. The molecule has 2 aliphatic rings. The van der Waals surface area contributed by atoms with Gasteiger partial charge in [-0.15, -0.1) is 0 Å². The van der Waals surface area contributed by atoms with E-state index >= 15 is 0 Å². The van der Waals surface area contributed by atoms with Crippen LogP contribution in [-0.4, -0.2) is 52.9 Å². The van der Waals surface area contributed by atoms with Gasteiger partial charge in [-0.05, 0) is 51.3 Å². The SMILES string of the molecule is CC1CCCCN1CCC(=O)N1CCC(c2nc3ccccc3cc2N)CC1. The van der Waals surface area contributed by atoms with Crippen LogP contribution in [0.25, 0.3) is 10.9 Å². The van der Waals surface area contributed by atoms with Gasteiger partial charge in [0.05, 0.1) is 16.9 Å². The molecule has 0 bridgehead atoms. The Morgan fingerprint density at radius 1 is 1.14 bits per heavy atom. The Kier molecular flexibility index (Phi) is 5.81. The van der Waals surface area contributed by atoms with E-state index in [9.17, 15) is 4.79 Å². The second kappa shape index (κ2) is 8.48. The molecular formula is C23H32N4O. The van der Waals surface area contributed by atoms with Gasteiger partial charge >= 0.3 is 0 Å². The Morgan fingerprint density at radius 3 is 2.71 bits per heavy atom. The summed E-state index contributed by atoms with van der Waals surface area (Å²) in [7, 11) is 0. The van der Waals surface area contributed by atoms with Crippen molar-refractivity contribution in [2.24, 2.45) is 0 Å². The lowest BCUT2D eigenvalue weighted by molar-refractivity contribution is -0.132. The fourth-order valence-electron chi connectivity index (χ4n) is 4.76. The molecule has 0 radical (unpaired) electrons. The summed E-state index contributed by atoms with van der Waals surface area (Å²) in [5.41, 5.74) is 9.09. The van der Waals surface area contributed by atoms with Crippen LogP contribution in [0.4, 0.5) is 5.69 Å². The number of benzene rings is 1. The van der Waals surface area contributed by atoms with Gasteiger partial charge in [0.2, 0.25) is 5.91 Å². The monoisotopic (exact) mass is 380 g/mol. The van der Waals surface area contributed by atoms with E-state index in [2.05, 4.69) is 11.8 Å². The minimum atomic E-state index is 0.302. The molecule has 0 aliphatic carbocycles. The Morgan fingerprint density at radius 2 is 1.93 bits per heavy atom. The van der Waals surface area contributed by atoms with Crippen LogP contribution in [0.5, 0.6) is 0 Å². The van der Waals surface area contributed by atoms with Crippen molar-refractivity contribution >= 4 is 22.5 Å². The Balaban J connectivity index is 1.33. The van der Waals surface area contributed by atoms with E-state index in [0.29, 0.717) is 24.3 Å². The molecular weight excluding hydrogens is 348 g/mol. The van der Waals surface area contributed by atoms with Crippen molar-refractivity contribution in [1.82, 2.24) is 14.8 Å². The quantitative estimate of drug-likeness (QED) is 0.877. The smallest absolute Gasteiger partial charge is 0.223 e. The highest BCUT2D eigenvalue weighted by Crippen LogP contribution is 2.32. The molecule has 5 nitrogen and oxygen atoms in total. The zero-order valence-corrected chi connectivity index (χ0v) is 16.9. The molecule has 1 aromatic heterocycles. The van der Waals surface area contributed by atoms with E-state index in [4.69, 9.17) is 10.7 Å². The average Bonchev–Trinajstić information content (AvgIpc) is 2.72. The number of pyridine rings is 1. The normalized spacial score (nSPS) is 21.9. The summed E-state index contributed by atoms with van der Waals surface area (Å²) in [6.45, 7) is 5.96. The lowest BCUT2D eigenvalue weighted by Crippen LogP contribution is -2.42. The second-order valence-corrected chi connectivity index (χ2v) is 8.44. The topological polar surface area (TPSA) is 62.5 Å². The number of nitrogens with two attached hydrogens (primary N) is 1. The maximum Gasteiger partial charge on any atom is 0.223 e. The molecule has 28 heavy (non-hydrogen) atoms. The number of nitrogen functional groups attached to an aromatic ring is 1. The van der Waals surface area contributed by atoms with Gasteiger partial charge in [0, 0.05) is 43.4 Å². The summed E-state index contributed by atoms with van der Waals surface area (Å²) in [6.07, 6.45) is 6.39. The van der Waals surface area contributed by atoms with Crippen LogP contribution in [0, 0.1) is 0 Å². The number of fused-ring (bicyclic) bond motifs is 1. The van der Waals surface area contributed by atoms with Crippen molar-refractivity contribution in [3.05, 3.63) is 36.0 Å². The van der Waals surface area contributed by atoms with Crippen LogP contribution < -0.4 is 5.73 Å². The number of carbonyl (C=O) groups is 1. The molecule has 2 aliphatic heterocycles. The third-order valence-electron chi connectivity index (χ3n) is 6.57. The van der Waals surface area contributed by atoms with Crippen LogP contribution in [0.15, 0.2) is 30.3 Å². The van der Waals surface area contributed by atoms with Crippen molar-refractivity contribution in [3.63, 3.8) is 0 Å². The summed E-state index contributed by atoms with van der Waals surface area (Å²) >= 11 is 0. The molecule has 150 valence electrons. The molecule has 0 saturated carbocycles. The first-order chi connectivity index (χ1) is 13.6. The van der Waals surface area contributed by atoms with Crippen molar-refractivity contribution in [1.29, 1.82) is 0 Å². The van der Waals surface area contributed by atoms with Crippen molar-refractivity contribution in [2.45, 2.75) is 57.4 Å². The Hall–Kier alpha value is -2.14. The number of hydrogen-bond acceptors (Lipinski definition) is 4. The Bertz CT molecular complexity index is 828. The van der Waals surface area contributed by atoms with Gasteiger partial charge in [-0.2, -0.15) is 0 Å². The third-order valence-corrected chi connectivity index (χ3v) is 6.57. The van der Waals surface area contributed by atoms with Gasteiger partial charge < -0.3 is 15.5 Å². The highest BCUT2D eigenvalue weighted by molar-refractivity contribution is 5.82. The minimum absolute atomic E-state index is 0.302. The molecule has 2 saturated heterocycles. The minimum Gasteiger partial charge on any atom is -0.397 e. The van der Waals surface area contributed by atoms with Crippen LogP contribution >= 0.6 is 0 Å².